The van der Waals surface area contributed by atoms with Gasteiger partial charge in [-0.3, -0.25) is 14.5 Å². The van der Waals surface area contributed by atoms with E-state index in [0.717, 1.165) is 44.6 Å². The number of carbonyl (C=O) groups is 2. The Labute approximate surface area is 184 Å². The minimum absolute atomic E-state index is 0.0665. The van der Waals surface area contributed by atoms with Crippen molar-refractivity contribution in [2.75, 3.05) is 25.0 Å². The van der Waals surface area contributed by atoms with Gasteiger partial charge < -0.3 is 10.2 Å². The van der Waals surface area contributed by atoms with E-state index in [1.807, 2.05) is 29.2 Å². The van der Waals surface area contributed by atoms with Gasteiger partial charge in [0.25, 0.3) is 11.8 Å². The van der Waals surface area contributed by atoms with E-state index in [-0.39, 0.29) is 11.8 Å². The molecule has 0 atom stereocenters. The largest absolute Gasteiger partial charge is 0.339 e. The van der Waals surface area contributed by atoms with E-state index in [1.165, 1.54) is 0 Å². The number of amides is 2. The van der Waals surface area contributed by atoms with Crippen LogP contribution < -0.4 is 5.32 Å². The molecule has 0 spiro atoms. The van der Waals surface area contributed by atoms with Crippen LogP contribution in [0.2, 0.25) is 5.02 Å². The molecule has 30 heavy (non-hydrogen) atoms. The smallest absolute Gasteiger partial charge is 0.255 e. The summed E-state index contributed by atoms with van der Waals surface area (Å²) in [6.45, 7) is 9.83. The first-order valence-corrected chi connectivity index (χ1v) is 11.0. The van der Waals surface area contributed by atoms with E-state index in [2.05, 4.69) is 31.0 Å². The van der Waals surface area contributed by atoms with Gasteiger partial charge in [0, 0.05) is 36.3 Å². The molecule has 160 valence electrons. The van der Waals surface area contributed by atoms with Crippen molar-refractivity contribution in [2.24, 2.45) is 0 Å². The van der Waals surface area contributed by atoms with Crippen molar-refractivity contribution in [1.29, 1.82) is 0 Å². The third kappa shape index (κ3) is 5.41. The number of likely N-dealkylation sites (tertiary alicyclic amines) is 1. The fourth-order valence-electron chi connectivity index (χ4n) is 3.75. The molecule has 1 saturated heterocycles. The van der Waals surface area contributed by atoms with Gasteiger partial charge in [-0.05, 0) is 69.1 Å². The maximum atomic E-state index is 12.9. The van der Waals surface area contributed by atoms with Crippen LogP contribution in [0.15, 0.2) is 42.5 Å². The van der Waals surface area contributed by atoms with Crippen molar-refractivity contribution in [3.05, 3.63) is 64.2 Å². The summed E-state index contributed by atoms with van der Waals surface area (Å²) in [5.41, 5.74) is 2.63. The second-order valence-electron chi connectivity index (χ2n) is 8.00. The first-order valence-electron chi connectivity index (χ1n) is 10.6. The molecule has 1 aliphatic heterocycles. The molecule has 5 nitrogen and oxygen atoms in total. The highest BCUT2D eigenvalue weighted by Gasteiger charge is 2.23. The molecule has 6 heteroatoms. The molecule has 0 unspecified atom stereocenters. The maximum Gasteiger partial charge on any atom is 0.255 e. The quantitative estimate of drug-likeness (QED) is 0.672. The van der Waals surface area contributed by atoms with E-state index in [0.29, 0.717) is 27.9 Å². The zero-order chi connectivity index (χ0) is 21.7. The second-order valence-corrected chi connectivity index (χ2v) is 8.43. The highest BCUT2D eigenvalue weighted by atomic mass is 35.5. The molecule has 2 amide bonds. The van der Waals surface area contributed by atoms with Crippen LogP contribution >= 0.6 is 11.6 Å². The summed E-state index contributed by atoms with van der Waals surface area (Å²) >= 11 is 6.14. The SMILES string of the molecule is CCN(Cc1ccc(C(=O)Nc2cc(Cl)ccc2C(=O)N2CCCC2)cc1)C(C)C. The minimum atomic E-state index is -0.254. The number of carbonyl (C=O) groups excluding carboxylic acids is 2. The Morgan fingerprint density at radius 2 is 1.77 bits per heavy atom. The lowest BCUT2D eigenvalue weighted by atomic mass is 10.1. The van der Waals surface area contributed by atoms with Gasteiger partial charge in [0.2, 0.25) is 0 Å². The highest BCUT2D eigenvalue weighted by molar-refractivity contribution is 6.31. The third-order valence-electron chi connectivity index (χ3n) is 5.59. The van der Waals surface area contributed by atoms with Gasteiger partial charge in [0.15, 0.2) is 0 Å². The first kappa shape index (κ1) is 22.3. The summed E-state index contributed by atoms with van der Waals surface area (Å²) in [4.78, 5) is 29.9. The number of halogens is 1. The summed E-state index contributed by atoms with van der Waals surface area (Å²) < 4.78 is 0. The van der Waals surface area contributed by atoms with Crippen LogP contribution in [0.4, 0.5) is 5.69 Å². The second kappa shape index (κ2) is 10.1. The third-order valence-corrected chi connectivity index (χ3v) is 5.83. The standard InChI is InChI=1S/C24H30ClN3O2/c1-4-27(17(2)3)16-18-7-9-19(10-8-18)23(29)26-22-15-20(25)11-12-21(22)24(30)28-13-5-6-14-28/h7-12,15,17H,4-6,13-14,16H2,1-3H3,(H,26,29). The zero-order valence-electron chi connectivity index (χ0n) is 18.0. The molecule has 2 aromatic rings. The maximum absolute atomic E-state index is 12.9. The summed E-state index contributed by atoms with van der Waals surface area (Å²) in [6, 6.07) is 13.1. The van der Waals surface area contributed by atoms with Crippen LogP contribution in [0.25, 0.3) is 0 Å². The lowest BCUT2D eigenvalue weighted by molar-refractivity contribution is 0.0794. The molecule has 0 aromatic heterocycles. The van der Waals surface area contributed by atoms with Crippen molar-refractivity contribution < 1.29 is 9.59 Å². The van der Waals surface area contributed by atoms with Crippen LogP contribution in [-0.2, 0) is 6.54 Å². The van der Waals surface area contributed by atoms with Crippen LogP contribution in [0.1, 0.15) is 59.9 Å². The Kier molecular flexibility index (Phi) is 7.51. The predicted octanol–water partition coefficient (Wildman–Crippen LogP) is 5.06. The zero-order valence-corrected chi connectivity index (χ0v) is 18.7. The Morgan fingerprint density at radius 1 is 1.10 bits per heavy atom. The number of hydrogen-bond donors (Lipinski definition) is 1. The van der Waals surface area contributed by atoms with Crippen molar-refractivity contribution in [1.82, 2.24) is 9.80 Å². The van der Waals surface area contributed by atoms with E-state index in [9.17, 15) is 9.59 Å². The summed E-state index contributed by atoms with van der Waals surface area (Å²) in [6.07, 6.45) is 2.03. The number of anilines is 1. The minimum Gasteiger partial charge on any atom is -0.339 e. The van der Waals surface area contributed by atoms with E-state index in [1.54, 1.807) is 18.2 Å². The molecular formula is C24H30ClN3O2. The average Bonchev–Trinajstić information content (AvgIpc) is 3.27. The lowest BCUT2D eigenvalue weighted by Gasteiger charge is -2.24. The Morgan fingerprint density at radius 3 is 2.37 bits per heavy atom. The van der Waals surface area contributed by atoms with Crippen LogP contribution in [0.3, 0.4) is 0 Å². The van der Waals surface area contributed by atoms with Gasteiger partial charge >= 0.3 is 0 Å². The molecule has 1 heterocycles. The molecular weight excluding hydrogens is 398 g/mol. The van der Waals surface area contributed by atoms with Gasteiger partial charge in [-0.2, -0.15) is 0 Å². The van der Waals surface area contributed by atoms with Crippen LogP contribution in [0.5, 0.6) is 0 Å². The topological polar surface area (TPSA) is 52.7 Å². The number of nitrogens with zero attached hydrogens (tertiary/aromatic N) is 2. The lowest BCUT2D eigenvalue weighted by Crippen LogP contribution is -2.30. The number of benzene rings is 2. The fourth-order valence-corrected chi connectivity index (χ4v) is 3.92. The number of rotatable bonds is 7. The molecule has 1 aliphatic rings. The molecule has 0 saturated carbocycles. The summed E-state index contributed by atoms with van der Waals surface area (Å²) in [5.74, 6) is -0.321. The van der Waals surface area contributed by atoms with Crippen molar-refractivity contribution in [2.45, 2.75) is 46.2 Å². The molecule has 2 aromatic carbocycles. The van der Waals surface area contributed by atoms with Gasteiger partial charge in [-0.1, -0.05) is 30.7 Å². The molecule has 3 rings (SSSR count). The molecule has 0 aliphatic carbocycles. The summed E-state index contributed by atoms with van der Waals surface area (Å²) in [7, 11) is 0. The van der Waals surface area contributed by atoms with Crippen LogP contribution in [0, 0.1) is 0 Å². The Balaban J connectivity index is 1.74. The average molecular weight is 428 g/mol. The number of hydrogen-bond acceptors (Lipinski definition) is 3. The van der Waals surface area contributed by atoms with Gasteiger partial charge in [-0.25, -0.2) is 0 Å². The first-order chi connectivity index (χ1) is 14.4. The molecule has 0 radical (unpaired) electrons. The fraction of sp³-hybridized carbons (Fsp3) is 0.417. The van der Waals surface area contributed by atoms with E-state index >= 15 is 0 Å². The van der Waals surface area contributed by atoms with Gasteiger partial charge in [0.05, 0.1) is 11.3 Å². The van der Waals surface area contributed by atoms with Gasteiger partial charge in [0.1, 0.15) is 0 Å². The van der Waals surface area contributed by atoms with Crippen molar-refractivity contribution in [3.8, 4) is 0 Å². The van der Waals surface area contributed by atoms with E-state index in [4.69, 9.17) is 11.6 Å². The van der Waals surface area contributed by atoms with Crippen molar-refractivity contribution >= 4 is 29.1 Å². The van der Waals surface area contributed by atoms with E-state index < -0.39 is 0 Å². The van der Waals surface area contributed by atoms with Gasteiger partial charge in [-0.15, -0.1) is 0 Å². The van der Waals surface area contributed by atoms with Crippen LogP contribution in [-0.4, -0.2) is 47.3 Å². The Bertz CT molecular complexity index is 890. The highest BCUT2D eigenvalue weighted by Crippen LogP contribution is 2.25. The van der Waals surface area contributed by atoms with Crippen molar-refractivity contribution in [3.63, 3.8) is 0 Å². The summed E-state index contributed by atoms with van der Waals surface area (Å²) in [5, 5.41) is 3.36. The molecule has 0 bridgehead atoms. The Hall–Kier alpha value is -2.37. The normalized spacial score (nSPS) is 13.9. The monoisotopic (exact) mass is 427 g/mol. The molecule has 1 N–H and O–H groups in total. The predicted molar refractivity (Wildman–Crippen MR) is 122 cm³/mol. The molecule has 1 fully saturated rings. The number of nitrogens with one attached hydrogen (secondary N) is 1.